The van der Waals surface area contributed by atoms with Crippen LogP contribution in [0.5, 0.6) is 0 Å². The molecule has 2 aromatic rings. The van der Waals surface area contributed by atoms with Gasteiger partial charge in [0.2, 0.25) is 0 Å². The molecule has 3 nitrogen and oxygen atoms in total. The number of aromatic nitrogens is 2. The fraction of sp³-hybridized carbons (Fsp3) is 0.333. The number of pyridine rings is 1. The van der Waals surface area contributed by atoms with E-state index in [0.717, 1.165) is 5.69 Å². The van der Waals surface area contributed by atoms with E-state index in [9.17, 15) is 0 Å². The third kappa shape index (κ3) is 2.28. The summed E-state index contributed by atoms with van der Waals surface area (Å²) in [4.78, 5) is 9.78. The Morgan fingerprint density at radius 2 is 2.25 bits per heavy atom. The van der Waals surface area contributed by atoms with E-state index in [1.807, 2.05) is 37.1 Å². The largest absolute Gasteiger partial charge is 0.312 e. The van der Waals surface area contributed by atoms with Gasteiger partial charge in [0.1, 0.15) is 0 Å². The van der Waals surface area contributed by atoms with Crippen LogP contribution in [0.25, 0.3) is 0 Å². The highest BCUT2D eigenvalue weighted by Gasteiger charge is 2.21. The molecule has 0 aliphatic carbocycles. The molecule has 4 heteroatoms. The number of hydrogen-bond acceptors (Lipinski definition) is 4. The Labute approximate surface area is 99.6 Å². The molecule has 84 valence electrons. The van der Waals surface area contributed by atoms with Gasteiger partial charge in [0.05, 0.1) is 11.6 Å². The highest BCUT2D eigenvalue weighted by Crippen LogP contribution is 2.30. The SMILES string of the molecule is CNC(c1cncs1)C(C)c1ccccn1. The standard InChI is InChI=1S/C12H15N3S/c1-9(10-5-3-4-6-15-10)12(13-2)11-7-14-8-16-11/h3-9,12-13H,1-2H3. The van der Waals surface area contributed by atoms with E-state index in [0.29, 0.717) is 5.92 Å². The lowest BCUT2D eigenvalue weighted by Gasteiger charge is -2.21. The molecule has 0 amide bonds. The first kappa shape index (κ1) is 11.2. The molecule has 2 heterocycles. The van der Waals surface area contributed by atoms with Crippen molar-refractivity contribution in [1.29, 1.82) is 0 Å². The second-order valence-corrected chi connectivity index (χ2v) is 4.63. The summed E-state index contributed by atoms with van der Waals surface area (Å²) in [6.45, 7) is 2.18. The molecule has 2 aromatic heterocycles. The second-order valence-electron chi connectivity index (χ2n) is 3.71. The van der Waals surface area contributed by atoms with Gasteiger partial charge in [-0.1, -0.05) is 13.0 Å². The van der Waals surface area contributed by atoms with Crippen molar-refractivity contribution in [1.82, 2.24) is 15.3 Å². The summed E-state index contributed by atoms with van der Waals surface area (Å²) in [5, 5.41) is 3.33. The van der Waals surface area contributed by atoms with Crippen LogP contribution in [0, 0.1) is 0 Å². The zero-order valence-electron chi connectivity index (χ0n) is 9.42. The van der Waals surface area contributed by atoms with Gasteiger partial charge in [-0.15, -0.1) is 11.3 Å². The van der Waals surface area contributed by atoms with Crippen molar-refractivity contribution < 1.29 is 0 Å². The first-order valence-electron chi connectivity index (χ1n) is 5.29. The Bertz CT molecular complexity index is 413. The minimum absolute atomic E-state index is 0.280. The Balaban J connectivity index is 2.23. The van der Waals surface area contributed by atoms with Crippen LogP contribution in [0.1, 0.15) is 29.5 Å². The molecule has 2 atom stereocenters. The van der Waals surface area contributed by atoms with E-state index in [2.05, 4.69) is 28.3 Å². The molecule has 0 fully saturated rings. The lowest BCUT2D eigenvalue weighted by Crippen LogP contribution is -2.21. The van der Waals surface area contributed by atoms with Gasteiger partial charge in [-0.3, -0.25) is 9.97 Å². The second kappa shape index (κ2) is 5.18. The van der Waals surface area contributed by atoms with Gasteiger partial charge in [-0.2, -0.15) is 0 Å². The van der Waals surface area contributed by atoms with Gasteiger partial charge in [0.15, 0.2) is 0 Å². The number of likely N-dealkylation sites (N-methyl/N-ethyl adjacent to an activating group) is 1. The van der Waals surface area contributed by atoms with Gasteiger partial charge in [-0.25, -0.2) is 0 Å². The van der Waals surface area contributed by atoms with Crippen LogP contribution >= 0.6 is 11.3 Å². The summed E-state index contributed by atoms with van der Waals surface area (Å²) in [6, 6.07) is 6.31. The molecule has 2 unspecified atom stereocenters. The van der Waals surface area contributed by atoms with Crippen molar-refractivity contribution >= 4 is 11.3 Å². The van der Waals surface area contributed by atoms with Crippen LogP contribution in [-0.4, -0.2) is 17.0 Å². The van der Waals surface area contributed by atoms with Crippen molar-refractivity contribution in [2.45, 2.75) is 18.9 Å². The average molecular weight is 233 g/mol. The maximum Gasteiger partial charge on any atom is 0.0794 e. The molecule has 0 aliphatic rings. The molecule has 0 bridgehead atoms. The molecule has 0 saturated carbocycles. The molecule has 0 aromatic carbocycles. The van der Waals surface area contributed by atoms with Crippen molar-refractivity contribution in [3.05, 3.63) is 46.7 Å². The number of hydrogen-bond donors (Lipinski definition) is 1. The van der Waals surface area contributed by atoms with Crippen molar-refractivity contribution in [3.63, 3.8) is 0 Å². The number of nitrogens with zero attached hydrogens (tertiary/aromatic N) is 2. The monoisotopic (exact) mass is 233 g/mol. The smallest absolute Gasteiger partial charge is 0.0794 e. The van der Waals surface area contributed by atoms with Crippen LogP contribution in [0.15, 0.2) is 36.1 Å². The van der Waals surface area contributed by atoms with E-state index in [4.69, 9.17) is 0 Å². The Kier molecular flexibility index (Phi) is 3.64. The highest BCUT2D eigenvalue weighted by molar-refractivity contribution is 7.09. The van der Waals surface area contributed by atoms with Crippen LogP contribution in [0.3, 0.4) is 0 Å². The van der Waals surface area contributed by atoms with Gasteiger partial charge in [-0.05, 0) is 19.2 Å². The predicted octanol–water partition coefficient (Wildman–Crippen LogP) is 2.60. The average Bonchev–Trinajstić information content (AvgIpc) is 2.85. The predicted molar refractivity (Wildman–Crippen MR) is 66.6 cm³/mol. The summed E-state index contributed by atoms with van der Waals surface area (Å²) in [7, 11) is 1.98. The zero-order valence-corrected chi connectivity index (χ0v) is 10.2. The third-order valence-corrected chi connectivity index (χ3v) is 3.58. The van der Waals surface area contributed by atoms with Gasteiger partial charge < -0.3 is 5.32 Å². The number of nitrogens with one attached hydrogen (secondary N) is 1. The first-order chi connectivity index (χ1) is 7.83. The maximum atomic E-state index is 4.40. The summed E-state index contributed by atoms with van der Waals surface area (Å²) >= 11 is 1.68. The van der Waals surface area contributed by atoms with E-state index < -0.39 is 0 Å². The maximum absolute atomic E-state index is 4.40. The Hall–Kier alpha value is -1.26. The normalized spacial score (nSPS) is 14.6. The molecule has 2 rings (SSSR count). The molecule has 0 spiro atoms. The molecular formula is C12H15N3S. The zero-order chi connectivity index (χ0) is 11.4. The van der Waals surface area contributed by atoms with Crippen LogP contribution < -0.4 is 5.32 Å². The molecule has 1 N–H and O–H groups in total. The molecule has 0 saturated heterocycles. The summed E-state index contributed by atoms with van der Waals surface area (Å²) in [6.07, 6.45) is 3.76. The summed E-state index contributed by atoms with van der Waals surface area (Å²) < 4.78 is 0. The van der Waals surface area contributed by atoms with Crippen molar-refractivity contribution in [3.8, 4) is 0 Å². The van der Waals surface area contributed by atoms with Crippen molar-refractivity contribution in [2.24, 2.45) is 0 Å². The fourth-order valence-electron chi connectivity index (χ4n) is 1.83. The molecule has 16 heavy (non-hydrogen) atoms. The van der Waals surface area contributed by atoms with Gasteiger partial charge in [0, 0.05) is 28.9 Å². The number of rotatable bonds is 4. The fourth-order valence-corrected chi connectivity index (χ4v) is 2.67. The van der Waals surface area contributed by atoms with Crippen molar-refractivity contribution in [2.75, 3.05) is 7.05 Å². The quantitative estimate of drug-likeness (QED) is 0.882. The first-order valence-corrected chi connectivity index (χ1v) is 6.17. The molecule has 0 aliphatic heterocycles. The van der Waals surface area contributed by atoms with E-state index in [1.54, 1.807) is 11.3 Å². The van der Waals surface area contributed by atoms with E-state index in [-0.39, 0.29) is 6.04 Å². The summed E-state index contributed by atoms with van der Waals surface area (Å²) in [5.41, 5.74) is 2.97. The minimum Gasteiger partial charge on any atom is -0.312 e. The lowest BCUT2D eigenvalue weighted by molar-refractivity contribution is 0.506. The van der Waals surface area contributed by atoms with Crippen LogP contribution in [-0.2, 0) is 0 Å². The Morgan fingerprint density at radius 1 is 1.38 bits per heavy atom. The van der Waals surface area contributed by atoms with Crippen LogP contribution in [0.4, 0.5) is 0 Å². The lowest BCUT2D eigenvalue weighted by atomic mass is 9.97. The van der Waals surface area contributed by atoms with E-state index >= 15 is 0 Å². The van der Waals surface area contributed by atoms with Gasteiger partial charge >= 0.3 is 0 Å². The highest BCUT2D eigenvalue weighted by atomic mass is 32.1. The third-order valence-electron chi connectivity index (χ3n) is 2.72. The summed E-state index contributed by atoms with van der Waals surface area (Å²) in [5.74, 6) is 0.339. The number of thiazole rings is 1. The minimum atomic E-state index is 0.280. The topological polar surface area (TPSA) is 37.8 Å². The molecule has 0 radical (unpaired) electrons. The van der Waals surface area contributed by atoms with E-state index in [1.165, 1.54) is 4.88 Å². The van der Waals surface area contributed by atoms with Crippen LogP contribution in [0.2, 0.25) is 0 Å². The molecular weight excluding hydrogens is 218 g/mol. The Morgan fingerprint density at radius 3 is 2.81 bits per heavy atom. The van der Waals surface area contributed by atoms with Gasteiger partial charge in [0.25, 0.3) is 0 Å².